The minimum absolute atomic E-state index is 0.132. The van der Waals surface area contributed by atoms with E-state index in [-0.39, 0.29) is 16.8 Å². The fourth-order valence-corrected chi connectivity index (χ4v) is 5.81. The molecule has 0 fully saturated rings. The lowest BCUT2D eigenvalue weighted by atomic mass is 9.99. The summed E-state index contributed by atoms with van der Waals surface area (Å²) in [4.78, 5) is -1.61. The van der Waals surface area contributed by atoms with E-state index < -0.39 is 53.6 Å². The Kier molecular flexibility index (Phi) is 7.95. The van der Waals surface area contributed by atoms with Crippen molar-refractivity contribution in [3.05, 3.63) is 89.2 Å². The highest BCUT2D eigenvalue weighted by molar-refractivity contribution is 7.91. The van der Waals surface area contributed by atoms with E-state index in [1.54, 1.807) is 6.92 Å². The number of ether oxygens (including phenoxy) is 1. The van der Waals surface area contributed by atoms with E-state index in [1.165, 1.54) is 36.4 Å². The molecule has 3 aromatic rings. The van der Waals surface area contributed by atoms with E-state index >= 15 is 0 Å². The van der Waals surface area contributed by atoms with Gasteiger partial charge in [-0.2, -0.15) is 0 Å². The smallest absolute Gasteiger partial charge is 0.410 e. The predicted octanol–water partition coefficient (Wildman–Crippen LogP) is 4.39. The lowest BCUT2D eigenvalue weighted by molar-refractivity contribution is -0.274. The van der Waals surface area contributed by atoms with Crippen molar-refractivity contribution in [2.24, 2.45) is 5.16 Å². The van der Waals surface area contributed by atoms with Crippen molar-refractivity contribution in [3.63, 3.8) is 0 Å². The van der Waals surface area contributed by atoms with Gasteiger partial charge < -0.3 is 9.94 Å². The van der Waals surface area contributed by atoms with Crippen molar-refractivity contribution in [1.29, 1.82) is 0 Å². The van der Waals surface area contributed by atoms with Crippen LogP contribution in [0.1, 0.15) is 29.7 Å². The van der Waals surface area contributed by atoms with Gasteiger partial charge in [0.1, 0.15) is 22.2 Å². The van der Waals surface area contributed by atoms with Gasteiger partial charge >= 0.3 is 6.36 Å². The monoisotopic (exact) mass is 560 g/mol. The molecule has 0 aliphatic carbocycles. The highest BCUT2D eigenvalue weighted by Gasteiger charge is 2.33. The predicted molar refractivity (Wildman–Crippen MR) is 125 cm³/mol. The van der Waals surface area contributed by atoms with Crippen LogP contribution in [0.5, 0.6) is 5.75 Å². The Morgan fingerprint density at radius 1 is 0.973 bits per heavy atom. The van der Waals surface area contributed by atoms with Crippen LogP contribution in [-0.4, -0.2) is 40.4 Å². The Balaban J connectivity index is 2.15. The maximum absolute atomic E-state index is 14.4. The van der Waals surface area contributed by atoms with Gasteiger partial charge in [0.05, 0.1) is 11.2 Å². The summed E-state index contributed by atoms with van der Waals surface area (Å²) in [6, 6.07) is 11.7. The molecule has 198 valence electrons. The number of sulfone groups is 1. The van der Waals surface area contributed by atoms with E-state index in [2.05, 4.69) is 14.6 Å². The Morgan fingerprint density at radius 3 is 2.14 bits per heavy atom. The van der Waals surface area contributed by atoms with Crippen LogP contribution < -0.4 is 9.46 Å². The van der Waals surface area contributed by atoms with E-state index in [1.807, 2.05) is 0 Å². The van der Waals surface area contributed by atoms with Gasteiger partial charge in [0.2, 0.25) is 19.9 Å². The largest absolute Gasteiger partial charge is 0.573 e. The zero-order valence-electron chi connectivity index (χ0n) is 19.2. The second-order valence-corrected chi connectivity index (χ2v) is 11.5. The van der Waals surface area contributed by atoms with Crippen LogP contribution in [-0.2, 0) is 19.9 Å². The molecule has 0 unspecified atom stereocenters. The molecule has 0 heterocycles. The molecule has 0 bridgehead atoms. The van der Waals surface area contributed by atoms with E-state index in [4.69, 9.17) is 0 Å². The van der Waals surface area contributed by atoms with Crippen LogP contribution in [0.4, 0.5) is 17.6 Å². The number of hydrogen-bond acceptors (Lipinski definition) is 7. The van der Waals surface area contributed by atoms with E-state index in [0.717, 1.165) is 30.5 Å². The molecule has 2 N–H and O–H groups in total. The summed E-state index contributed by atoms with van der Waals surface area (Å²) in [6.45, 7) is 1.58. The van der Waals surface area contributed by atoms with Crippen molar-refractivity contribution in [2.45, 2.75) is 29.1 Å². The molecule has 0 saturated carbocycles. The Hall–Kier alpha value is -3.49. The molecule has 0 saturated heterocycles. The number of nitrogens with zero attached hydrogens (tertiary/aromatic N) is 1. The Bertz CT molecular complexity index is 1540. The number of halogens is 4. The average molecular weight is 561 g/mol. The van der Waals surface area contributed by atoms with Gasteiger partial charge in [0, 0.05) is 23.2 Å². The van der Waals surface area contributed by atoms with Crippen LogP contribution in [0.25, 0.3) is 0 Å². The number of benzene rings is 3. The second kappa shape index (κ2) is 10.5. The second-order valence-electron chi connectivity index (χ2n) is 7.82. The first-order valence-corrected chi connectivity index (χ1v) is 13.7. The molecule has 14 heteroatoms. The number of hydrogen-bond donors (Lipinski definition) is 2. The first kappa shape index (κ1) is 28.1. The zero-order valence-corrected chi connectivity index (χ0v) is 20.8. The standard InChI is InChI=1S/C23H20F4N2O6S2/c1-14(29-36(2,31)32)15-7-9-16(10-8-15)22(28-30)18-12-11-17(35-23(25,26)27)13-21(18)37(33,34)20-6-4-3-5-19(20)24/h3-14,29-30H,1-2H3/b28-22+/t14-/m0/s1. The first-order valence-electron chi connectivity index (χ1n) is 10.3. The summed E-state index contributed by atoms with van der Waals surface area (Å²) in [5.41, 5.74) is -0.0500. The zero-order chi connectivity index (χ0) is 27.6. The van der Waals surface area contributed by atoms with Gasteiger partial charge in [0.15, 0.2) is 0 Å². The van der Waals surface area contributed by atoms with Gasteiger partial charge in [-0.25, -0.2) is 25.9 Å². The summed E-state index contributed by atoms with van der Waals surface area (Å²) in [6.07, 6.45) is -4.15. The highest BCUT2D eigenvalue weighted by atomic mass is 32.2. The summed E-state index contributed by atoms with van der Waals surface area (Å²) < 4.78 is 109. The van der Waals surface area contributed by atoms with Gasteiger partial charge in [-0.05, 0) is 36.8 Å². The number of nitrogens with one attached hydrogen (secondary N) is 1. The highest BCUT2D eigenvalue weighted by Crippen LogP contribution is 2.33. The molecule has 0 aliphatic rings. The summed E-state index contributed by atoms with van der Waals surface area (Å²) in [7, 11) is -8.29. The molecular formula is C23H20F4N2O6S2. The van der Waals surface area contributed by atoms with E-state index in [9.17, 15) is 39.6 Å². The molecule has 0 aliphatic heterocycles. The number of alkyl halides is 3. The third kappa shape index (κ3) is 6.84. The molecule has 0 aromatic heterocycles. The van der Waals surface area contributed by atoms with Gasteiger partial charge in [-0.3, -0.25) is 0 Å². The molecule has 0 amide bonds. The lowest BCUT2D eigenvalue weighted by Crippen LogP contribution is -2.25. The molecule has 0 spiro atoms. The third-order valence-corrected chi connectivity index (χ3v) is 7.64. The van der Waals surface area contributed by atoms with Crippen LogP contribution in [0.3, 0.4) is 0 Å². The minimum atomic E-state index is -5.14. The summed E-state index contributed by atoms with van der Waals surface area (Å²) in [5, 5.41) is 12.9. The number of rotatable bonds is 8. The van der Waals surface area contributed by atoms with E-state index in [0.29, 0.717) is 11.6 Å². The maximum Gasteiger partial charge on any atom is 0.573 e. The van der Waals surface area contributed by atoms with Crippen LogP contribution in [0.2, 0.25) is 0 Å². The Labute approximate surface area is 210 Å². The lowest BCUT2D eigenvalue weighted by Gasteiger charge is -2.16. The molecule has 0 radical (unpaired) electrons. The van der Waals surface area contributed by atoms with Crippen molar-refractivity contribution in [1.82, 2.24) is 4.72 Å². The van der Waals surface area contributed by atoms with Crippen LogP contribution in [0, 0.1) is 5.82 Å². The van der Waals surface area contributed by atoms with Gasteiger partial charge in [-0.15, -0.1) is 13.2 Å². The normalized spacial score (nSPS) is 13.8. The molecule has 37 heavy (non-hydrogen) atoms. The van der Waals surface area contributed by atoms with Gasteiger partial charge in [0.25, 0.3) is 0 Å². The van der Waals surface area contributed by atoms with Crippen molar-refractivity contribution < 1.29 is 44.3 Å². The van der Waals surface area contributed by atoms with Crippen molar-refractivity contribution >= 4 is 25.6 Å². The average Bonchev–Trinajstić information content (AvgIpc) is 2.78. The quantitative estimate of drug-likeness (QED) is 0.182. The number of oxime groups is 1. The van der Waals surface area contributed by atoms with Crippen molar-refractivity contribution in [3.8, 4) is 5.75 Å². The molecule has 1 atom stereocenters. The first-order chi connectivity index (χ1) is 17.1. The van der Waals surface area contributed by atoms with Crippen molar-refractivity contribution in [2.75, 3.05) is 6.26 Å². The van der Waals surface area contributed by atoms with Crippen LogP contribution >= 0.6 is 0 Å². The van der Waals surface area contributed by atoms with Crippen LogP contribution in [0.15, 0.2) is 81.7 Å². The fraction of sp³-hybridized carbons (Fsp3) is 0.174. The van der Waals surface area contributed by atoms with Gasteiger partial charge in [-0.1, -0.05) is 41.6 Å². The minimum Gasteiger partial charge on any atom is -0.410 e. The SMILES string of the molecule is C[C@H](NS(C)(=O)=O)c1ccc(/C(=N\O)c2ccc(OC(F)(F)F)cc2S(=O)(=O)c2ccccc2F)cc1. The molecule has 3 aromatic carbocycles. The topological polar surface area (TPSA) is 122 Å². The molecule has 3 rings (SSSR count). The molecular weight excluding hydrogens is 540 g/mol. The number of sulfonamides is 1. The summed E-state index contributed by atoms with van der Waals surface area (Å²) >= 11 is 0. The third-order valence-electron chi connectivity index (χ3n) is 5.03. The maximum atomic E-state index is 14.4. The summed E-state index contributed by atoms with van der Waals surface area (Å²) in [5.74, 6) is -2.03. The Morgan fingerprint density at radius 2 is 1.59 bits per heavy atom. The fourth-order valence-electron chi connectivity index (χ4n) is 3.48. The molecule has 8 nitrogen and oxygen atoms in total.